The highest BCUT2D eigenvalue weighted by Gasteiger charge is 2.28. The molecule has 20 heavy (non-hydrogen) atoms. The van der Waals surface area contributed by atoms with E-state index < -0.39 is 0 Å². The molecule has 1 saturated carbocycles. The van der Waals surface area contributed by atoms with Gasteiger partial charge in [0.2, 0.25) is 0 Å². The van der Waals surface area contributed by atoms with Crippen LogP contribution in [0.3, 0.4) is 0 Å². The van der Waals surface area contributed by atoms with Crippen molar-refractivity contribution in [1.82, 2.24) is 5.32 Å². The lowest BCUT2D eigenvalue weighted by atomic mass is 9.76. The molecule has 0 bridgehead atoms. The second-order valence-corrected chi connectivity index (χ2v) is 5.87. The second-order valence-electron chi connectivity index (χ2n) is 5.87. The Morgan fingerprint density at radius 1 is 1.25 bits per heavy atom. The molecule has 2 nitrogen and oxygen atoms in total. The van der Waals surface area contributed by atoms with Gasteiger partial charge >= 0.3 is 0 Å². The van der Waals surface area contributed by atoms with Gasteiger partial charge in [-0.05, 0) is 49.3 Å². The molecule has 112 valence electrons. The average Bonchev–Trinajstić information content (AvgIpc) is 2.43. The van der Waals surface area contributed by atoms with Gasteiger partial charge in [-0.2, -0.15) is 0 Å². The maximum absolute atomic E-state index is 5.74. The molecule has 2 unspecified atom stereocenters. The summed E-state index contributed by atoms with van der Waals surface area (Å²) in [7, 11) is 1.83. The number of ether oxygens (including phenoxy) is 1. The molecule has 0 aromatic heterocycles. The third-order valence-electron chi connectivity index (χ3n) is 4.57. The van der Waals surface area contributed by atoms with E-state index >= 15 is 0 Å². The fraction of sp³-hybridized carbons (Fsp3) is 0.667. The van der Waals surface area contributed by atoms with Crippen LogP contribution in [0, 0.1) is 0 Å². The lowest BCUT2D eigenvalue weighted by Gasteiger charge is -2.33. The van der Waals surface area contributed by atoms with E-state index in [-0.39, 0.29) is 6.10 Å². The molecule has 1 aliphatic rings. The van der Waals surface area contributed by atoms with Crippen molar-refractivity contribution in [1.29, 1.82) is 0 Å². The van der Waals surface area contributed by atoms with E-state index in [1.165, 1.54) is 24.8 Å². The van der Waals surface area contributed by atoms with Gasteiger partial charge in [0.15, 0.2) is 0 Å². The molecule has 1 N–H and O–H groups in total. The maximum Gasteiger partial charge on any atom is 0.0763 e. The quantitative estimate of drug-likeness (QED) is 0.758. The van der Waals surface area contributed by atoms with Gasteiger partial charge in [0.25, 0.3) is 0 Å². The van der Waals surface area contributed by atoms with Gasteiger partial charge < -0.3 is 10.1 Å². The highest BCUT2D eigenvalue weighted by Crippen LogP contribution is 2.40. The van der Waals surface area contributed by atoms with Crippen molar-refractivity contribution in [3.63, 3.8) is 0 Å². The molecule has 2 atom stereocenters. The number of benzene rings is 1. The summed E-state index contributed by atoms with van der Waals surface area (Å²) in [6.45, 7) is 5.47. The lowest BCUT2D eigenvalue weighted by Crippen LogP contribution is -2.34. The summed E-state index contributed by atoms with van der Waals surface area (Å²) in [5.74, 6) is 0.770. The number of hydrogen-bond donors (Lipinski definition) is 1. The van der Waals surface area contributed by atoms with Crippen molar-refractivity contribution in [3.05, 3.63) is 35.4 Å². The zero-order valence-electron chi connectivity index (χ0n) is 13.2. The molecule has 1 fully saturated rings. The Balaban J connectivity index is 2.26. The summed E-state index contributed by atoms with van der Waals surface area (Å²) in [5, 5.41) is 3.71. The molecule has 2 rings (SSSR count). The van der Waals surface area contributed by atoms with Crippen LogP contribution < -0.4 is 5.32 Å². The van der Waals surface area contributed by atoms with Crippen molar-refractivity contribution in [2.45, 2.75) is 64.0 Å². The van der Waals surface area contributed by atoms with Gasteiger partial charge in [-0.15, -0.1) is 0 Å². The molecule has 0 aliphatic heterocycles. The Hall–Kier alpha value is -0.860. The van der Waals surface area contributed by atoms with Crippen LogP contribution in [-0.4, -0.2) is 19.8 Å². The Bertz CT molecular complexity index is 396. The van der Waals surface area contributed by atoms with Crippen LogP contribution in [0.1, 0.15) is 69.0 Å². The van der Waals surface area contributed by atoms with E-state index in [1.807, 2.05) is 7.11 Å². The van der Waals surface area contributed by atoms with Gasteiger partial charge in [-0.25, -0.2) is 0 Å². The van der Waals surface area contributed by atoms with Crippen LogP contribution in [-0.2, 0) is 4.74 Å². The monoisotopic (exact) mass is 275 g/mol. The molecule has 0 heterocycles. The topological polar surface area (TPSA) is 21.3 Å². The van der Waals surface area contributed by atoms with Crippen molar-refractivity contribution in [2.24, 2.45) is 0 Å². The van der Waals surface area contributed by atoms with E-state index in [2.05, 4.69) is 43.4 Å². The third kappa shape index (κ3) is 3.42. The first kappa shape index (κ1) is 15.5. The van der Waals surface area contributed by atoms with Gasteiger partial charge in [0.1, 0.15) is 0 Å². The zero-order valence-corrected chi connectivity index (χ0v) is 13.2. The summed E-state index contributed by atoms with van der Waals surface area (Å²) in [4.78, 5) is 0. The molecule has 0 radical (unpaired) electrons. The minimum Gasteiger partial charge on any atom is -0.379 e. The summed E-state index contributed by atoms with van der Waals surface area (Å²) >= 11 is 0. The molecular weight excluding hydrogens is 246 g/mol. The molecule has 1 aromatic rings. The summed E-state index contributed by atoms with van der Waals surface area (Å²) < 4.78 is 5.74. The smallest absolute Gasteiger partial charge is 0.0763 e. The Morgan fingerprint density at radius 3 is 2.55 bits per heavy atom. The summed E-state index contributed by atoms with van der Waals surface area (Å²) in [6.07, 6.45) is 6.53. The predicted molar refractivity (Wildman–Crippen MR) is 85.2 cm³/mol. The predicted octanol–water partition coefficient (Wildman–Crippen LogP) is 4.42. The number of nitrogens with one attached hydrogen (secondary N) is 1. The summed E-state index contributed by atoms with van der Waals surface area (Å²) in [5.41, 5.74) is 3.00. The number of hydrogen-bond acceptors (Lipinski definition) is 2. The summed E-state index contributed by atoms with van der Waals surface area (Å²) in [6, 6.07) is 9.29. The van der Waals surface area contributed by atoms with Gasteiger partial charge in [0, 0.05) is 7.11 Å². The van der Waals surface area contributed by atoms with Crippen LogP contribution >= 0.6 is 0 Å². The largest absolute Gasteiger partial charge is 0.379 e. The first-order chi connectivity index (χ1) is 9.81. The van der Waals surface area contributed by atoms with Crippen LogP contribution in [0.25, 0.3) is 0 Å². The Morgan fingerprint density at radius 2 is 2.00 bits per heavy atom. The van der Waals surface area contributed by atoms with E-state index in [9.17, 15) is 0 Å². The molecule has 1 aromatic carbocycles. The van der Waals surface area contributed by atoms with E-state index in [1.54, 1.807) is 5.56 Å². The van der Waals surface area contributed by atoms with E-state index in [0.29, 0.717) is 6.04 Å². The maximum atomic E-state index is 5.74. The van der Waals surface area contributed by atoms with Gasteiger partial charge in [-0.3, -0.25) is 0 Å². The first-order valence-electron chi connectivity index (χ1n) is 8.16. The molecule has 0 saturated heterocycles. The zero-order chi connectivity index (χ0) is 14.4. The van der Waals surface area contributed by atoms with Crippen LogP contribution in [0.4, 0.5) is 0 Å². The van der Waals surface area contributed by atoms with Crippen LogP contribution in [0.5, 0.6) is 0 Å². The number of methoxy groups -OCH3 is 1. The lowest BCUT2D eigenvalue weighted by molar-refractivity contribution is 0.0645. The van der Waals surface area contributed by atoms with Crippen molar-refractivity contribution >= 4 is 0 Å². The fourth-order valence-corrected chi connectivity index (χ4v) is 3.17. The SMILES string of the molecule is CCCNC(c1ccccc1C1CCC1)C(CC)OC. The van der Waals surface area contributed by atoms with Gasteiger partial charge in [-0.1, -0.05) is 44.5 Å². The van der Waals surface area contributed by atoms with E-state index in [4.69, 9.17) is 4.74 Å². The second kappa shape index (κ2) is 7.80. The molecule has 0 amide bonds. The van der Waals surface area contributed by atoms with Crippen LogP contribution in [0.15, 0.2) is 24.3 Å². The van der Waals surface area contributed by atoms with Gasteiger partial charge in [0.05, 0.1) is 12.1 Å². The normalized spacial score (nSPS) is 18.6. The average molecular weight is 275 g/mol. The highest BCUT2D eigenvalue weighted by atomic mass is 16.5. The van der Waals surface area contributed by atoms with Crippen LogP contribution in [0.2, 0.25) is 0 Å². The Kier molecular flexibility index (Phi) is 6.06. The minimum absolute atomic E-state index is 0.253. The number of rotatable bonds is 8. The Labute approximate surface area is 123 Å². The third-order valence-corrected chi connectivity index (χ3v) is 4.57. The van der Waals surface area contributed by atoms with Crippen molar-refractivity contribution < 1.29 is 4.74 Å². The van der Waals surface area contributed by atoms with Crippen molar-refractivity contribution in [2.75, 3.05) is 13.7 Å². The highest BCUT2D eigenvalue weighted by molar-refractivity contribution is 5.35. The van der Waals surface area contributed by atoms with Crippen molar-refractivity contribution in [3.8, 4) is 0 Å². The molecule has 1 aliphatic carbocycles. The first-order valence-corrected chi connectivity index (χ1v) is 8.16. The molecular formula is C18H29NO. The minimum atomic E-state index is 0.253. The molecule has 0 spiro atoms. The standard InChI is InChI=1S/C18H29NO/c1-4-13-19-18(17(5-2)20-3)16-12-7-6-11-15(16)14-9-8-10-14/h6-7,11-12,14,17-19H,4-5,8-10,13H2,1-3H3. The molecule has 2 heteroatoms. The fourth-order valence-electron chi connectivity index (χ4n) is 3.17. The van der Waals surface area contributed by atoms with E-state index in [0.717, 1.165) is 25.3 Å².